The number of rotatable bonds is 6. The lowest BCUT2D eigenvalue weighted by Crippen LogP contribution is -2.42. The number of hydrogen-bond donors (Lipinski definition) is 0. The van der Waals surface area contributed by atoms with Crippen LogP contribution in [0.5, 0.6) is 0 Å². The maximum absolute atomic E-state index is 13.2. The van der Waals surface area contributed by atoms with Crippen molar-refractivity contribution in [3.63, 3.8) is 0 Å². The van der Waals surface area contributed by atoms with Crippen LogP contribution in [0, 0.1) is 0 Å². The summed E-state index contributed by atoms with van der Waals surface area (Å²) in [6.07, 6.45) is 7.71. The van der Waals surface area contributed by atoms with Crippen molar-refractivity contribution in [3.05, 3.63) is 55.1 Å². The predicted octanol–water partition coefficient (Wildman–Crippen LogP) is 4.69. The minimum Gasteiger partial charge on any atom is -0.223 e. The van der Waals surface area contributed by atoms with Crippen molar-refractivity contribution in [2.45, 2.75) is 54.6 Å². The van der Waals surface area contributed by atoms with Gasteiger partial charge in [0.05, 0.1) is 9.64 Å². The molecule has 2 nitrogen and oxygen atoms in total. The van der Waals surface area contributed by atoms with Crippen molar-refractivity contribution < 1.29 is 8.42 Å². The highest BCUT2D eigenvalue weighted by atomic mass is 32.2. The Bertz CT molecular complexity index is 601. The lowest BCUT2D eigenvalue weighted by molar-refractivity contribution is 0.425. The van der Waals surface area contributed by atoms with Crippen molar-refractivity contribution in [1.82, 2.24) is 0 Å². The Morgan fingerprint density at radius 2 is 1.90 bits per heavy atom. The molecule has 21 heavy (non-hydrogen) atoms. The predicted molar refractivity (Wildman–Crippen MR) is 88.0 cm³/mol. The van der Waals surface area contributed by atoms with Crippen LogP contribution >= 0.6 is 0 Å². The summed E-state index contributed by atoms with van der Waals surface area (Å²) in [4.78, 5) is 0.423. The fourth-order valence-electron chi connectivity index (χ4n) is 3.27. The Hall–Kier alpha value is -1.35. The molecule has 1 unspecified atom stereocenters. The Kier molecular flexibility index (Phi) is 5.04. The summed E-state index contributed by atoms with van der Waals surface area (Å²) in [6, 6.07) is 8.82. The summed E-state index contributed by atoms with van der Waals surface area (Å²) in [5, 5.41) is 0. The van der Waals surface area contributed by atoms with Gasteiger partial charge >= 0.3 is 0 Å². The fraction of sp³-hybridized carbons (Fsp3) is 0.444. The molecule has 1 aromatic carbocycles. The first-order valence-electron chi connectivity index (χ1n) is 7.63. The van der Waals surface area contributed by atoms with Gasteiger partial charge in [0.25, 0.3) is 0 Å². The zero-order chi connectivity index (χ0) is 15.3. The minimum atomic E-state index is -3.39. The third kappa shape index (κ3) is 2.98. The van der Waals surface area contributed by atoms with Crippen molar-refractivity contribution in [1.29, 1.82) is 0 Å². The zero-order valence-electron chi connectivity index (χ0n) is 12.6. The van der Waals surface area contributed by atoms with E-state index in [9.17, 15) is 8.42 Å². The Balaban J connectivity index is 2.43. The molecule has 0 amide bonds. The van der Waals surface area contributed by atoms with Gasteiger partial charge in [-0.15, -0.1) is 6.58 Å². The molecule has 3 heteroatoms. The van der Waals surface area contributed by atoms with Gasteiger partial charge in [-0.1, -0.05) is 42.8 Å². The molecule has 0 aromatic heterocycles. The standard InChI is InChI=1S/C18H24O2S/c1-3-4-9-14-18(15-10-8-11-16(18)2)21(19,20)17-12-6-5-7-13-17/h3,5-7,12-13H,1-2,4,8-11,14-15H2. The first-order chi connectivity index (χ1) is 10.0. The summed E-state index contributed by atoms with van der Waals surface area (Å²) in [6.45, 7) is 7.87. The van der Waals surface area contributed by atoms with E-state index in [1.54, 1.807) is 24.3 Å². The van der Waals surface area contributed by atoms with E-state index in [1.807, 2.05) is 12.1 Å². The highest BCUT2D eigenvalue weighted by Gasteiger charge is 2.47. The first-order valence-corrected chi connectivity index (χ1v) is 9.12. The molecule has 114 valence electrons. The maximum atomic E-state index is 13.2. The van der Waals surface area contributed by atoms with Crippen molar-refractivity contribution in [3.8, 4) is 0 Å². The molecule has 1 saturated carbocycles. The largest absolute Gasteiger partial charge is 0.223 e. The highest BCUT2D eigenvalue weighted by molar-refractivity contribution is 7.93. The smallest absolute Gasteiger partial charge is 0.187 e. The second-order valence-corrected chi connectivity index (χ2v) is 8.06. The van der Waals surface area contributed by atoms with Crippen LogP contribution in [0.2, 0.25) is 0 Å². The number of sulfone groups is 1. The highest BCUT2D eigenvalue weighted by Crippen LogP contribution is 2.45. The van der Waals surface area contributed by atoms with Crippen LogP contribution in [0.25, 0.3) is 0 Å². The van der Waals surface area contributed by atoms with Gasteiger partial charge < -0.3 is 0 Å². The second kappa shape index (κ2) is 6.61. The Morgan fingerprint density at radius 1 is 1.19 bits per heavy atom. The third-order valence-corrected chi connectivity index (χ3v) is 7.13. The van der Waals surface area contributed by atoms with E-state index in [0.29, 0.717) is 17.7 Å². The van der Waals surface area contributed by atoms with Gasteiger partial charge in [-0.05, 0) is 50.7 Å². The fourth-order valence-corrected chi connectivity index (χ4v) is 5.55. The molecule has 1 aliphatic rings. The molecule has 1 fully saturated rings. The third-order valence-electron chi connectivity index (χ3n) is 4.51. The average molecular weight is 304 g/mol. The van der Waals surface area contributed by atoms with Crippen molar-refractivity contribution in [2.24, 2.45) is 0 Å². The molecule has 0 heterocycles. The molecular weight excluding hydrogens is 280 g/mol. The van der Waals surface area contributed by atoms with E-state index in [4.69, 9.17) is 0 Å². The molecule has 0 radical (unpaired) electrons. The van der Waals surface area contributed by atoms with E-state index in [1.165, 1.54) is 0 Å². The van der Waals surface area contributed by atoms with Crippen LogP contribution in [0.3, 0.4) is 0 Å². The number of unbranched alkanes of at least 4 members (excludes halogenated alkanes) is 1. The van der Waals surface area contributed by atoms with Crippen molar-refractivity contribution in [2.75, 3.05) is 0 Å². The van der Waals surface area contributed by atoms with Gasteiger partial charge in [-0.25, -0.2) is 8.42 Å². The molecule has 0 saturated heterocycles. The summed E-state index contributed by atoms with van der Waals surface area (Å²) in [5.41, 5.74) is 0.890. The topological polar surface area (TPSA) is 34.1 Å². The summed E-state index contributed by atoms with van der Waals surface area (Å²) < 4.78 is 25.7. The van der Waals surface area contributed by atoms with E-state index in [-0.39, 0.29) is 0 Å². The Morgan fingerprint density at radius 3 is 2.52 bits per heavy atom. The molecule has 2 rings (SSSR count). The number of allylic oxidation sites excluding steroid dienone is 1. The number of hydrogen-bond acceptors (Lipinski definition) is 2. The molecule has 0 N–H and O–H groups in total. The van der Waals surface area contributed by atoms with E-state index < -0.39 is 14.6 Å². The van der Waals surface area contributed by atoms with Gasteiger partial charge in [-0.3, -0.25) is 0 Å². The van der Waals surface area contributed by atoms with E-state index >= 15 is 0 Å². The SMILES string of the molecule is C=CCCCC1(S(=O)(=O)c2ccccc2)CCCCC1=C. The van der Waals surface area contributed by atoms with E-state index in [2.05, 4.69) is 13.2 Å². The first kappa shape index (κ1) is 16.0. The van der Waals surface area contributed by atoms with Crippen molar-refractivity contribution >= 4 is 9.84 Å². The van der Waals surface area contributed by atoms with Crippen LogP contribution in [0.4, 0.5) is 0 Å². The zero-order valence-corrected chi connectivity index (χ0v) is 13.4. The van der Waals surface area contributed by atoms with Crippen LogP contribution in [-0.4, -0.2) is 13.2 Å². The van der Waals surface area contributed by atoms with Crippen LogP contribution < -0.4 is 0 Å². The molecule has 1 atom stereocenters. The average Bonchev–Trinajstić information content (AvgIpc) is 2.50. The molecule has 0 spiro atoms. The van der Waals surface area contributed by atoms with Gasteiger partial charge in [0.15, 0.2) is 9.84 Å². The lowest BCUT2D eigenvalue weighted by atomic mass is 9.81. The van der Waals surface area contributed by atoms with Crippen LogP contribution in [0.15, 0.2) is 60.0 Å². The molecule has 0 bridgehead atoms. The quantitative estimate of drug-likeness (QED) is 0.564. The summed E-state index contributed by atoms with van der Waals surface area (Å²) in [7, 11) is -3.39. The molecule has 0 aliphatic heterocycles. The van der Waals surface area contributed by atoms with Gasteiger partial charge in [0, 0.05) is 0 Å². The second-order valence-electron chi connectivity index (χ2n) is 5.80. The Labute approximate surface area is 128 Å². The molecular formula is C18H24O2S. The number of benzene rings is 1. The van der Waals surface area contributed by atoms with Crippen LogP contribution in [-0.2, 0) is 9.84 Å². The van der Waals surface area contributed by atoms with E-state index in [0.717, 1.165) is 37.7 Å². The summed E-state index contributed by atoms with van der Waals surface area (Å²) in [5.74, 6) is 0. The summed E-state index contributed by atoms with van der Waals surface area (Å²) >= 11 is 0. The normalized spacial score (nSPS) is 23.0. The van der Waals surface area contributed by atoms with Gasteiger partial charge in [-0.2, -0.15) is 0 Å². The monoisotopic (exact) mass is 304 g/mol. The van der Waals surface area contributed by atoms with Crippen LogP contribution in [0.1, 0.15) is 44.9 Å². The van der Waals surface area contributed by atoms with Gasteiger partial charge in [0.1, 0.15) is 0 Å². The molecule has 1 aromatic rings. The van der Waals surface area contributed by atoms with Gasteiger partial charge in [0.2, 0.25) is 0 Å². The lowest BCUT2D eigenvalue weighted by Gasteiger charge is -2.39. The molecule has 1 aliphatic carbocycles. The maximum Gasteiger partial charge on any atom is 0.187 e. The minimum absolute atomic E-state index is 0.423.